The number of hydrogen-bond donors (Lipinski definition) is 3. The predicted molar refractivity (Wildman–Crippen MR) is 131 cm³/mol. The topological polar surface area (TPSA) is 135 Å². The third kappa shape index (κ3) is 3.52. The van der Waals surface area contributed by atoms with E-state index in [4.69, 9.17) is 4.74 Å². The summed E-state index contributed by atoms with van der Waals surface area (Å²) in [6, 6.07) is 6.68. The van der Waals surface area contributed by atoms with Gasteiger partial charge in [0.2, 0.25) is 0 Å². The largest absolute Gasteiger partial charge is 0.383 e. The molecule has 2 saturated heterocycles. The number of halogens is 1. The Hall–Kier alpha value is -3.54. The molecule has 1 atom stereocenters. The zero-order chi connectivity index (χ0) is 25.4. The molecule has 190 valence electrons. The summed E-state index contributed by atoms with van der Waals surface area (Å²) in [4.78, 5) is 39.5. The van der Waals surface area contributed by atoms with Crippen molar-refractivity contribution in [3.63, 3.8) is 0 Å². The van der Waals surface area contributed by atoms with Gasteiger partial charge < -0.3 is 24.7 Å². The van der Waals surface area contributed by atoms with Crippen molar-refractivity contribution in [2.24, 2.45) is 0 Å². The van der Waals surface area contributed by atoms with Crippen molar-refractivity contribution in [3.05, 3.63) is 74.4 Å². The Labute approximate surface area is 209 Å². The first-order valence-electron chi connectivity index (χ1n) is 12.4. The van der Waals surface area contributed by atoms with Crippen molar-refractivity contribution >= 4 is 22.2 Å². The molecule has 37 heavy (non-hydrogen) atoms. The average molecular weight is 505 g/mol. The van der Waals surface area contributed by atoms with Crippen molar-refractivity contribution in [2.45, 2.75) is 61.9 Å². The lowest BCUT2D eigenvalue weighted by atomic mass is 9.67. The standard InChI is InChI=1S/C26H25FN6O4/c27-16-10-28-17-3-4-20(35)33-13-26(36,21(16)22(17)33)12-25-7-5-24(6-8-25,14-37-25)30-9-15-1-2-18-23(31-15)32-19(34)11-29-18/h1-4,10-11,30,36H,5-9,12-14H2,(H,31,32,34)/t24?,25?,26-/m0/s1. The molecule has 0 aromatic carbocycles. The highest BCUT2D eigenvalue weighted by molar-refractivity contribution is 5.81. The van der Waals surface area contributed by atoms with Gasteiger partial charge in [-0.3, -0.25) is 14.6 Å². The molecule has 10 nitrogen and oxygen atoms in total. The number of nitrogens with one attached hydrogen (secondary N) is 2. The van der Waals surface area contributed by atoms with Gasteiger partial charge in [-0.15, -0.1) is 0 Å². The molecule has 2 bridgehead atoms. The highest BCUT2D eigenvalue weighted by Crippen LogP contribution is 2.51. The number of fused-ring (bicyclic) bond motifs is 4. The van der Waals surface area contributed by atoms with Crippen LogP contribution in [0.25, 0.3) is 22.2 Å². The second-order valence-corrected chi connectivity index (χ2v) is 10.7. The van der Waals surface area contributed by atoms with Crippen LogP contribution in [0.3, 0.4) is 0 Å². The predicted octanol–water partition coefficient (Wildman–Crippen LogP) is 1.63. The number of aliphatic hydroxyl groups is 1. The highest BCUT2D eigenvalue weighted by Gasteiger charge is 2.55. The molecule has 1 aliphatic carbocycles. The molecule has 3 fully saturated rings. The Bertz CT molecular complexity index is 1680. The van der Waals surface area contributed by atoms with Gasteiger partial charge in [0.05, 0.1) is 47.9 Å². The first-order valence-corrected chi connectivity index (χ1v) is 12.4. The maximum absolute atomic E-state index is 15.0. The zero-order valence-corrected chi connectivity index (χ0v) is 20.0. The lowest BCUT2D eigenvalue weighted by molar-refractivity contribution is -0.192. The molecule has 0 spiro atoms. The number of aromatic nitrogens is 5. The Morgan fingerprint density at radius 3 is 2.65 bits per heavy atom. The van der Waals surface area contributed by atoms with Crippen LogP contribution in [0.15, 0.2) is 46.2 Å². The molecular formula is C26H25FN6O4. The summed E-state index contributed by atoms with van der Waals surface area (Å²) in [5.74, 6) is -0.606. The lowest BCUT2D eigenvalue weighted by Gasteiger charge is -2.55. The van der Waals surface area contributed by atoms with Gasteiger partial charge in [0.25, 0.3) is 11.1 Å². The number of aromatic amines is 1. The van der Waals surface area contributed by atoms with Crippen molar-refractivity contribution in [1.82, 2.24) is 29.8 Å². The second-order valence-electron chi connectivity index (χ2n) is 10.7. The second kappa shape index (κ2) is 7.73. The molecule has 3 N–H and O–H groups in total. The van der Waals surface area contributed by atoms with Crippen LogP contribution in [0.2, 0.25) is 0 Å². The van der Waals surface area contributed by atoms with E-state index < -0.39 is 17.0 Å². The van der Waals surface area contributed by atoms with Crippen molar-refractivity contribution in [1.29, 1.82) is 0 Å². The van der Waals surface area contributed by atoms with E-state index in [1.165, 1.54) is 16.8 Å². The molecule has 4 aromatic heterocycles. The van der Waals surface area contributed by atoms with Crippen molar-refractivity contribution in [3.8, 4) is 0 Å². The number of pyridine rings is 3. The van der Waals surface area contributed by atoms with Gasteiger partial charge in [0.1, 0.15) is 16.9 Å². The Kier molecular flexibility index (Phi) is 4.73. The molecule has 0 unspecified atom stereocenters. The molecule has 4 aliphatic rings. The molecule has 0 radical (unpaired) electrons. The van der Waals surface area contributed by atoms with Gasteiger partial charge in [-0.1, -0.05) is 0 Å². The van der Waals surface area contributed by atoms with Crippen LogP contribution in [-0.2, 0) is 23.4 Å². The molecule has 7 heterocycles. The summed E-state index contributed by atoms with van der Waals surface area (Å²) in [7, 11) is 0. The number of ether oxygens (including phenoxy) is 1. The maximum Gasteiger partial charge on any atom is 0.268 e. The maximum atomic E-state index is 15.0. The molecule has 4 aromatic rings. The SMILES string of the molecule is O=c1cnc2ccc(CNC34CCC(C[C@]5(O)Cn6c(=O)ccc7ncc(F)c5c76)(CC3)OC4)nc2[nH]1. The Morgan fingerprint density at radius 1 is 1.08 bits per heavy atom. The third-order valence-corrected chi connectivity index (χ3v) is 8.37. The molecule has 11 heteroatoms. The normalized spacial score (nSPS) is 28.4. The summed E-state index contributed by atoms with van der Waals surface area (Å²) in [5.41, 5.74) is -0.0917. The summed E-state index contributed by atoms with van der Waals surface area (Å²) in [5, 5.41) is 15.4. The van der Waals surface area contributed by atoms with Crippen LogP contribution in [0, 0.1) is 5.82 Å². The summed E-state index contributed by atoms with van der Waals surface area (Å²) >= 11 is 0. The Balaban J connectivity index is 1.09. The average Bonchev–Trinajstić information content (AvgIpc) is 3.21. The van der Waals surface area contributed by atoms with Crippen LogP contribution in [0.1, 0.15) is 43.4 Å². The third-order valence-electron chi connectivity index (χ3n) is 8.37. The minimum atomic E-state index is -1.55. The van der Waals surface area contributed by atoms with Crippen LogP contribution in [0.5, 0.6) is 0 Å². The monoisotopic (exact) mass is 504 g/mol. The van der Waals surface area contributed by atoms with E-state index in [9.17, 15) is 19.1 Å². The summed E-state index contributed by atoms with van der Waals surface area (Å²) < 4.78 is 22.8. The van der Waals surface area contributed by atoms with Gasteiger partial charge in [0, 0.05) is 30.1 Å². The number of H-pyrrole nitrogens is 1. The van der Waals surface area contributed by atoms with Gasteiger partial charge in [-0.25, -0.2) is 14.4 Å². The van der Waals surface area contributed by atoms with E-state index in [0.717, 1.165) is 24.7 Å². The van der Waals surface area contributed by atoms with Crippen molar-refractivity contribution in [2.75, 3.05) is 6.61 Å². The molecule has 3 aliphatic heterocycles. The fraction of sp³-hybridized carbons (Fsp3) is 0.423. The summed E-state index contributed by atoms with van der Waals surface area (Å²) in [6.07, 6.45) is 5.62. The number of nitrogens with zero attached hydrogens (tertiary/aromatic N) is 4. The highest BCUT2D eigenvalue weighted by atomic mass is 19.1. The van der Waals surface area contributed by atoms with Gasteiger partial charge >= 0.3 is 0 Å². The molecular weight excluding hydrogens is 479 g/mol. The fourth-order valence-corrected chi connectivity index (χ4v) is 6.42. The van der Waals surface area contributed by atoms with E-state index in [1.54, 1.807) is 6.07 Å². The smallest absolute Gasteiger partial charge is 0.268 e. The van der Waals surface area contributed by atoms with Crippen molar-refractivity contribution < 1.29 is 14.2 Å². The van der Waals surface area contributed by atoms with Gasteiger partial charge in [-0.05, 0) is 43.9 Å². The quantitative estimate of drug-likeness (QED) is 0.373. The number of rotatable bonds is 5. The zero-order valence-electron chi connectivity index (χ0n) is 20.0. The fourth-order valence-electron chi connectivity index (χ4n) is 6.42. The summed E-state index contributed by atoms with van der Waals surface area (Å²) in [6.45, 7) is 0.946. The van der Waals surface area contributed by atoms with Crippen LogP contribution in [0.4, 0.5) is 4.39 Å². The number of hydrogen-bond acceptors (Lipinski definition) is 8. The van der Waals surface area contributed by atoms with Crippen LogP contribution >= 0.6 is 0 Å². The van der Waals surface area contributed by atoms with E-state index in [0.29, 0.717) is 48.2 Å². The minimum Gasteiger partial charge on any atom is -0.383 e. The van der Waals surface area contributed by atoms with Crippen LogP contribution < -0.4 is 16.4 Å². The van der Waals surface area contributed by atoms with Crippen LogP contribution in [-0.4, -0.2) is 47.4 Å². The lowest BCUT2D eigenvalue weighted by Crippen LogP contribution is -2.62. The molecule has 1 saturated carbocycles. The van der Waals surface area contributed by atoms with E-state index in [-0.39, 0.29) is 35.2 Å². The molecule has 8 rings (SSSR count). The van der Waals surface area contributed by atoms with E-state index in [1.807, 2.05) is 12.1 Å². The first kappa shape index (κ1) is 22.6. The molecule has 0 amide bonds. The first-order chi connectivity index (χ1) is 17.8. The van der Waals surface area contributed by atoms with Gasteiger partial charge in [-0.2, -0.15) is 0 Å². The van der Waals surface area contributed by atoms with E-state index >= 15 is 0 Å². The van der Waals surface area contributed by atoms with E-state index in [2.05, 4.69) is 25.3 Å². The minimum absolute atomic E-state index is 0.0137. The Morgan fingerprint density at radius 2 is 1.86 bits per heavy atom. The van der Waals surface area contributed by atoms with Gasteiger partial charge in [0.15, 0.2) is 5.65 Å².